The number of carbonyl (C=O) groups is 2. The van der Waals surface area contributed by atoms with Crippen LogP contribution in [0, 0.1) is 0 Å². The zero-order valence-electron chi connectivity index (χ0n) is 12.8. The Labute approximate surface area is 133 Å². The SMILES string of the molecule is CCOC(=O)c1cc2ccccc2n1C(=O)CCc1ccco1. The summed E-state index contributed by atoms with van der Waals surface area (Å²) in [6.07, 6.45) is 2.31. The van der Waals surface area contributed by atoms with E-state index in [2.05, 4.69) is 0 Å². The van der Waals surface area contributed by atoms with Crippen LogP contribution in [0.2, 0.25) is 0 Å². The van der Waals surface area contributed by atoms with Gasteiger partial charge in [-0.25, -0.2) is 4.79 Å². The van der Waals surface area contributed by atoms with E-state index in [4.69, 9.17) is 9.15 Å². The van der Waals surface area contributed by atoms with Crippen molar-refractivity contribution in [2.45, 2.75) is 19.8 Å². The zero-order valence-corrected chi connectivity index (χ0v) is 12.8. The van der Waals surface area contributed by atoms with E-state index in [1.807, 2.05) is 30.3 Å². The van der Waals surface area contributed by atoms with Gasteiger partial charge in [-0.2, -0.15) is 0 Å². The highest BCUT2D eigenvalue weighted by molar-refractivity contribution is 6.03. The lowest BCUT2D eigenvalue weighted by molar-refractivity contribution is 0.0509. The summed E-state index contributed by atoms with van der Waals surface area (Å²) in [5.74, 6) is 0.0909. The Morgan fingerprint density at radius 2 is 2.00 bits per heavy atom. The van der Waals surface area contributed by atoms with Crippen LogP contribution in [0.1, 0.15) is 34.4 Å². The van der Waals surface area contributed by atoms with Gasteiger partial charge in [-0.15, -0.1) is 0 Å². The molecule has 1 aromatic carbocycles. The van der Waals surface area contributed by atoms with Gasteiger partial charge in [0.15, 0.2) is 0 Å². The molecule has 0 saturated heterocycles. The average Bonchev–Trinajstić information content (AvgIpc) is 3.20. The van der Waals surface area contributed by atoms with Gasteiger partial charge in [-0.1, -0.05) is 18.2 Å². The molecule has 0 spiro atoms. The number of hydrogen-bond donors (Lipinski definition) is 0. The molecule has 5 nitrogen and oxygen atoms in total. The third-order valence-corrected chi connectivity index (χ3v) is 3.61. The smallest absolute Gasteiger partial charge is 0.355 e. The maximum atomic E-state index is 12.7. The highest BCUT2D eigenvalue weighted by atomic mass is 16.5. The van der Waals surface area contributed by atoms with Gasteiger partial charge in [0, 0.05) is 18.2 Å². The number of furan rings is 1. The fraction of sp³-hybridized carbons (Fsp3) is 0.222. The van der Waals surface area contributed by atoms with Crippen molar-refractivity contribution in [3.05, 3.63) is 60.2 Å². The standard InChI is InChI=1S/C18H17NO4/c1-2-22-18(21)16-12-13-6-3-4-8-15(13)19(16)17(20)10-9-14-7-5-11-23-14/h3-8,11-12H,2,9-10H2,1H3. The Kier molecular flexibility index (Phi) is 4.28. The first-order valence-corrected chi connectivity index (χ1v) is 7.54. The maximum absolute atomic E-state index is 12.7. The molecule has 118 valence electrons. The highest BCUT2D eigenvalue weighted by Crippen LogP contribution is 2.21. The van der Waals surface area contributed by atoms with Gasteiger partial charge < -0.3 is 9.15 Å². The number of esters is 1. The van der Waals surface area contributed by atoms with Crippen LogP contribution in [0.25, 0.3) is 10.9 Å². The zero-order chi connectivity index (χ0) is 16.2. The quantitative estimate of drug-likeness (QED) is 0.674. The third-order valence-electron chi connectivity index (χ3n) is 3.61. The second kappa shape index (κ2) is 6.52. The molecule has 2 aromatic heterocycles. The number of nitrogens with zero attached hydrogens (tertiary/aromatic N) is 1. The molecule has 0 aliphatic carbocycles. The van der Waals surface area contributed by atoms with Crippen LogP contribution in [0.4, 0.5) is 0 Å². The summed E-state index contributed by atoms with van der Waals surface area (Å²) >= 11 is 0. The molecule has 0 aliphatic heterocycles. The van der Waals surface area contributed by atoms with Crippen LogP contribution in [0.15, 0.2) is 53.1 Å². The molecule has 2 heterocycles. The average molecular weight is 311 g/mol. The van der Waals surface area contributed by atoms with E-state index in [1.54, 1.807) is 25.3 Å². The Hall–Kier alpha value is -2.82. The summed E-state index contributed by atoms with van der Waals surface area (Å²) in [6.45, 7) is 2.00. The van der Waals surface area contributed by atoms with Crippen LogP contribution in [-0.4, -0.2) is 23.1 Å². The normalized spacial score (nSPS) is 10.8. The number of fused-ring (bicyclic) bond motifs is 1. The number of rotatable bonds is 5. The Morgan fingerprint density at radius 1 is 1.17 bits per heavy atom. The number of para-hydroxylation sites is 1. The first-order chi connectivity index (χ1) is 11.2. The van der Waals surface area contributed by atoms with E-state index in [9.17, 15) is 9.59 Å². The first-order valence-electron chi connectivity index (χ1n) is 7.54. The molecular formula is C18H17NO4. The van der Waals surface area contributed by atoms with Crippen LogP contribution in [0.5, 0.6) is 0 Å². The molecule has 0 atom stereocenters. The van der Waals surface area contributed by atoms with Gasteiger partial charge in [0.2, 0.25) is 5.91 Å². The lowest BCUT2D eigenvalue weighted by atomic mass is 10.2. The first kappa shape index (κ1) is 15.1. The summed E-state index contributed by atoms with van der Waals surface area (Å²) in [7, 11) is 0. The van der Waals surface area contributed by atoms with Gasteiger partial charge in [0.1, 0.15) is 11.5 Å². The predicted molar refractivity (Wildman–Crippen MR) is 85.6 cm³/mol. The van der Waals surface area contributed by atoms with Crippen molar-refractivity contribution in [3.8, 4) is 0 Å². The Bertz CT molecular complexity index is 830. The molecule has 0 N–H and O–H groups in total. The molecule has 23 heavy (non-hydrogen) atoms. The van der Waals surface area contributed by atoms with Crippen molar-refractivity contribution in [3.63, 3.8) is 0 Å². The van der Waals surface area contributed by atoms with Crippen LogP contribution in [0.3, 0.4) is 0 Å². The summed E-state index contributed by atoms with van der Waals surface area (Å²) in [6, 6.07) is 12.7. The maximum Gasteiger partial charge on any atom is 0.355 e. The van der Waals surface area contributed by atoms with Crippen molar-refractivity contribution >= 4 is 22.8 Å². The second-order valence-corrected chi connectivity index (χ2v) is 5.12. The monoisotopic (exact) mass is 311 g/mol. The number of benzene rings is 1. The van der Waals surface area contributed by atoms with E-state index < -0.39 is 5.97 Å². The minimum Gasteiger partial charge on any atom is -0.469 e. The minimum absolute atomic E-state index is 0.161. The number of aryl methyl sites for hydroxylation is 1. The van der Waals surface area contributed by atoms with E-state index in [-0.39, 0.29) is 24.6 Å². The Balaban J connectivity index is 1.94. The number of carbonyl (C=O) groups excluding carboxylic acids is 2. The van der Waals surface area contributed by atoms with E-state index >= 15 is 0 Å². The molecule has 0 aliphatic rings. The molecule has 0 amide bonds. The van der Waals surface area contributed by atoms with Crippen LogP contribution >= 0.6 is 0 Å². The lowest BCUT2D eigenvalue weighted by Crippen LogP contribution is -2.19. The molecule has 3 aromatic rings. The fourth-order valence-electron chi connectivity index (χ4n) is 2.58. The summed E-state index contributed by atoms with van der Waals surface area (Å²) < 4.78 is 11.8. The van der Waals surface area contributed by atoms with E-state index in [1.165, 1.54) is 4.57 Å². The molecule has 0 saturated carbocycles. The van der Waals surface area contributed by atoms with Gasteiger partial charge >= 0.3 is 5.97 Å². The molecule has 0 radical (unpaired) electrons. The number of ether oxygens (including phenoxy) is 1. The van der Waals surface area contributed by atoms with Crippen molar-refractivity contribution in [1.29, 1.82) is 0 Å². The van der Waals surface area contributed by atoms with Crippen molar-refractivity contribution in [1.82, 2.24) is 4.57 Å². The number of hydrogen-bond acceptors (Lipinski definition) is 4. The minimum atomic E-state index is -0.491. The second-order valence-electron chi connectivity index (χ2n) is 5.12. The summed E-state index contributed by atoms with van der Waals surface area (Å²) in [4.78, 5) is 24.8. The number of aromatic nitrogens is 1. The highest BCUT2D eigenvalue weighted by Gasteiger charge is 2.21. The van der Waals surface area contributed by atoms with Crippen LogP contribution < -0.4 is 0 Å². The molecular weight excluding hydrogens is 294 g/mol. The topological polar surface area (TPSA) is 61.4 Å². The Morgan fingerprint density at radius 3 is 2.74 bits per heavy atom. The van der Waals surface area contributed by atoms with Gasteiger partial charge in [0.05, 0.1) is 18.4 Å². The van der Waals surface area contributed by atoms with Crippen LogP contribution in [-0.2, 0) is 11.2 Å². The summed E-state index contributed by atoms with van der Waals surface area (Å²) in [5, 5.41) is 0.835. The van der Waals surface area contributed by atoms with Crippen molar-refractivity contribution < 1.29 is 18.7 Å². The van der Waals surface area contributed by atoms with E-state index in [0.717, 1.165) is 11.1 Å². The third kappa shape index (κ3) is 3.04. The molecule has 0 fully saturated rings. The molecule has 5 heteroatoms. The van der Waals surface area contributed by atoms with Gasteiger partial charge in [-0.3, -0.25) is 9.36 Å². The van der Waals surface area contributed by atoms with Crippen molar-refractivity contribution in [2.75, 3.05) is 6.61 Å². The largest absolute Gasteiger partial charge is 0.469 e. The molecule has 0 unspecified atom stereocenters. The van der Waals surface area contributed by atoms with Crippen molar-refractivity contribution in [2.24, 2.45) is 0 Å². The fourth-order valence-corrected chi connectivity index (χ4v) is 2.58. The molecule has 0 bridgehead atoms. The lowest BCUT2D eigenvalue weighted by Gasteiger charge is -2.08. The summed E-state index contributed by atoms with van der Waals surface area (Å²) in [5.41, 5.74) is 0.970. The van der Waals surface area contributed by atoms with Gasteiger partial charge in [0.25, 0.3) is 0 Å². The van der Waals surface area contributed by atoms with E-state index in [0.29, 0.717) is 11.9 Å². The van der Waals surface area contributed by atoms with Gasteiger partial charge in [-0.05, 0) is 31.2 Å². The molecule has 3 rings (SSSR count). The predicted octanol–water partition coefficient (Wildman–Crippen LogP) is 3.68.